The SMILES string of the molecule is Cc1ccc([C@@H]2NC(=O)N(C)C3=C2C(=O)N(CC(=O)N2CCN(c4ccccn4)CC2)C3)cc1. The first-order chi connectivity index (χ1) is 16.4. The van der Waals surface area contributed by atoms with E-state index in [2.05, 4.69) is 15.2 Å². The molecule has 2 aromatic rings. The number of likely N-dealkylation sites (N-methyl/N-ethyl adjacent to an activating group) is 1. The molecular weight excluding hydrogens is 432 g/mol. The van der Waals surface area contributed by atoms with Gasteiger partial charge in [-0.2, -0.15) is 0 Å². The molecule has 1 atom stereocenters. The van der Waals surface area contributed by atoms with Gasteiger partial charge in [0.15, 0.2) is 0 Å². The van der Waals surface area contributed by atoms with Crippen molar-refractivity contribution in [1.29, 1.82) is 0 Å². The molecule has 9 nitrogen and oxygen atoms in total. The number of pyridine rings is 1. The van der Waals surface area contributed by atoms with E-state index in [0.717, 1.165) is 16.9 Å². The fourth-order valence-corrected chi connectivity index (χ4v) is 4.75. The molecule has 1 aromatic carbocycles. The molecule has 3 aliphatic rings. The van der Waals surface area contributed by atoms with Gasteiger partial charge in [-0.1, -0.05) is 35.9 Å². The molecule has 9 heteroatoms. The number of rotatable bonds is 4. The van der Waals surface area contributed by atoms with Crippen LogP contribution in [-0.4, -0.2) is 83.8 Å². The summed E-state index contributed by atoms with van der Waals surface area (Å²) in [7, 11) is 1.66. The van der Waals surface area contributed by atoms with Crippen molar-refractivity contribution in [2.24, 2.45) is 0 Å². The lowest BCUT2D eigenvalue weighted by Crippen LogP contribution is -2.51. The number of piperazine rings is 1. The maximum absolute atomic E-state index is 13.4. The number of hydrogen-bond donors (Lipinski definition) is 1. The molecule has 0 saturated carbocycles. The number of carbonyl (C=O) groups is 3. The largest absolute Gasteiger partial charge is 0.353 e. The average molecular weight is 461 g/mol. The lowest BCUT2D eigenvalue weighted by molar-refractivity contribution is -0.137. The van der Waals surface area contributed by atoms with Gasteiger partial charge in [-0.15, -0.1) is 0 Å². The molecule has 0 spiro atoms. The minimum atomic E-state index is -0.520. The summed E-state index contributed by atoms with van der Waals surface area (Å²) in [5.74, 6) is 0.624. The number of benzene rings is 1. The molecule has 0 unspecified atom stereocenters. The van der Waals surface area contributed by atoms with Gasteiger partial charge in [0, 0.05) is 39.4 Å². The van der Waals surface area contributed by atoms with Gasteiger partial charge in [-0.25, -0.2) is 9.78 Å². The Morgan fingerprint density at radius 2 is 1.79 bits per heavy atom. The molecular formula is C25H28N6O3. The number of hydrogen-bond acceptors (Lipinski definition) is 5. The Labute approximate surface area is 198 Å². The van der Waals surface area contributed by atoms with E-state index in [-0.39, 0.29) is 30.9 Å². The average Bonchev–Trinajstić information content (AvgIpc) is 3.18. The highest BCUT2D eigenvalue weighted by Crippen LogP contribution is 2.35. The van der Waals surface area contributed by atoms with Crippen LogP contribution < -0.4 is 10.2 Å². The highest BCUT2D eigenvalue weighted by Gasteiger charge is 2.43. The molecule has 34 heavy (non-hydrogen) atoms. The second-order valence-electron chi connectivity index (χ2n) is 8.93. The fraction of sp³-hybridized carbons (Fsp3) is 0.360. The van der Waals surface area contributed by atoms with Crippen LogP contribution in [0.4, 0.5) is 10.6 Å². The standard InChI is InChI=1S/C25H28N6O3/c1-17-6-8-18(9-7-17)23-22-19(28(2)25(34)27-23)15-31(24(22)33)16-21(32)30-13-11-29(12-14-30)20-5-3-4-10-26-20/h3-10,23H,11-16H2,1-2H3,(H,27,34)/t23-/m0/s1. The molecule has 0 aliphatic carbocycles. The molecule has 1 fully saturated rings. The number of amides is 4. The minimum Gasteiger partial charge on any atom is -0.353 e. The van der Waals surface area contributed by atoms with E-state index < -0.39 is 6.04 Å². The predicted molar refractivity (Wildman–Crippen MR) is 127 cm³/mol. The number of nitrogens with zero attached hydrogens (tertiary/aromatic N) is 5. The minimum absolute atomic E-state index is 0.00192. The number of urea groups is 1. The number of anilines is 1. The van der Waals surface area contributed by atoms with Gasteiger partial charge in [0.1, 0.15) is 12.4 Å². The summed E-state index contributed by atoms with van der Waals surface area (Å²) < 4.78 is 0. The Hall–Kier alpha value is -3.88. The van der Waals surface area contributed by atoms with E-state index in [1.165, 1.54) is 4.90 Å². The van der Waals surface area contributed by atoms with Gasteiger partial charge in [0.25, 0.3) is 5.91 Å². The molecule has 1 saturated heterocycles. The lowest BCUT2D eigenvalue weighted by atomic mass is 9.95. The smallest absolute Gasteiger partial charge is 0.322 e. The van der Waals surface area contributed by atoms with E-state index >= 15 is 0 Å². The molecule has 3 aliphatic heterocycles. The van der Waals surface area contributed by atoms with Gasteiger partial charge in [0.05, 0.1) is 23.9 Å². The van der Waals surface area contributed by atoms with Crippen LogP contribution in [0.25, 0.3) is 0 Å². The second-order valence-corrected chi connectivity index (χ2v) is 8.93. The predicted octanol–water partition coefficient (Wildman–Crippen LogP) is 1.53. The van der Waals surface area contributed by atoms with Gasteiger partial charge in [-0.05, 0) is 24.6 Å². The van der Waals surface area contributed by atoms with E-state index in [1.54, 1.807) is 23.0 Å². The van der Waals surface area contributed by atoms with E-state index in [9.17, 15) is 14.4 Å². The van der Waals surface area contributed by atoms with Crippen molar-refractivity contribution in [3.05, 3.63) is 71.1 Å². The third-order valence-electron chi connectivity index (χ3n) is 6.78. The lowest BCUT2D eigenvalue weighted by Gasteiger charge is -2.36. The summed E-state index contributed by atoms with van der Waals surface area (Å²) in [4.78, 5) is 50.4. The van der Waals surface area contributed by atoms with Crippen molar-refractivity contribution in [2.75, 3.05) is 51.2 Å². The normalized spacial score (nSPS) is 20.6. The van der Waals surface area contributed by atoms with Crippen LogP contribution in [-0.2, 0) is 9.59 Å². The van der Waals surface area contributed by atoms with Crippen LogP contribution in [0.2, 0.25) is 0 Å². The maximum atomic E-state index is 13.4. The molecule has 4 amide bonds. The first-order valence-electron chi connectivity index (χ1n) is 11.5. The Morgan fingerprint density at radius 3 is 2.47 bits per heavy atom. The highest BCUT2D eigenvalue weighted by atomic mass is 16.2. The summed E-state index contributed by atoms with van der Waals surface area (Å²) in [6.07, 6.45) is 1.76. The Bertz CT molecular complexity index is 1140. The zero-order valence-electron chi connectivity index (χ0n) is 19.4. The van der Waals surface area contributed by atoms with Crippen LogP contribution in [0.3, 0.4) is 0 Å². The molecule has 176 valence electrons. The van der Waals surface area contributed by atoms with Crippen molar-refractivity contribution in [3.63, 3.8) is 0 Å². The first-order valence-corrected chi connectivity index (χ1v) is 11.5. The van der Waals surface area contributed by atoms with E-state index in [0.29, 0.717) is 37.4 Å². The van der Waals surface area contributed by atoms with Gasteiger partial charge in [0.2, 0.25) is 5.91 Å². The molecule has 1 N–H and O–H groups in total. The zero-order chi connectivity index (χ0) is 23.8. The zero-order valence-corrected chi connectivity index (χ0v) is 19.4. The Balaban J connectivity index is 1.27. The third-order valence-corrected chi connectivity index (χ3v) is 6.78. The number of carbonyl (C=O) groups excluding carboxylic acids is 3. The summed E-state index contributed by atoms with van der Waals surface area (Å²) >= 11 is 0. The van der Waals surface area contributed by atoms with Crippen LogP contribution in [0.1, 0.15) is 17.2 Å². The number of aromatic nitrogens is 1. The van der Waals surface area contributed by atoms with Crippen LogP contribution in [0, 0.1) is 6.92 Å². The molecule has 1 aromatic heterocycles. The van der Waals surface area contributed by atoms with Crippen LogP contribution in [0.15, 0.2) is 59.9 Å². The summed E-state index contributed by atoms with van der Waals surface area (Å²) in [6.45, 7) is 4.79. The van der Waals surface area contributed by atoms with Crippen LogP contribution >= 0.6 is 0 Å². The van der Waals surface area contributed by atoms with Crippen LogP contribution in [0.5, 0.6) is 0 Å². The monoisotopic (exact) mass is 460 g/mol. The Kier molecular flexibility index (Phi) is 5.69. The quantitative estimate of drug-likeness (QED) is 0.748. The Morgan fingerprint density at radius 1 is 1.06 bits per heavy atom. The van der Waals surface area contributed by atoms with Gasteiger partial charge in [-0.3, -0.25) is 14.5 Å². The van der Waals surface area contributed by atoms with Crippen molar-refractivity contribution >= 4 is 23.7 Å². The summed E-state index contributed by atoms with van der Waals surface area (Å²) in [5.41, 5.74) is 3.16. The number of nitrogens with one attached hydrogen (secondary N) is 1. The summed E-state index contributed by atoms with van der Waals surface area (Å²) in [6, 6.07) is 12.8. The van der Waals surface area contributed by atoms with E-state index in [4.69, 9.17) is 0 Å². The highest BCUT2D eigenvalue weighted by molar-refractivity contribution is 6.03. The maximum Gasteiger partial charge on any atom is 0.322 e. The molecule has 4 heterocycles. The van der Waals surface area contributed by atoms with Crippen molar-refractivity contribution in [2.45, 2.75) is 13.0 Å². The molecule has 5 rings (SSSR count). The van der Waals surface area contributed by atoms with Crippen molar-refractivity contribution in [1.82, 2.24) is 25.0 Å². The molecule has 0 radical (unpaired) electrons. The second kappa shape index (κ2) is 8.81. The third kappa shape index (κ3) is 3.98. The first kappa shape index (κ1) is 21.9. The van der Waals surface area contributed by atoms with Gasteiger partial charge >= 0.3 is 6.03 Å². The topological polar surface area (TPSA) is 89.1 Å². The fourth-order valence-electron chi connectivity index (χ4n) is 4.75. The summed E-state index contributed by atoms with van der Waals surface area (Å²) in [5, 5.41) is 2.94. The van der Waals surface area contributed by atoms with Crippen molar-refractivity contribution in [3.8, 4) is 0 Å². The van der Waals surface area contributed by atoms with E-state index in [1.807, 2.05) is 49.4 Å². The number of aryl methyl sites for hydroxylation is 1. The van der Waals surface area contributed by atoms with Crippen molar-refractivity contribution < 1.29 is 14.4 Å². The van der Waals surface area contributed by atoms with Gasteiger partial charge < -0.3 is 20.0 Å². The molecule has 0 bridgehead atoms.